The SMILES string of the molecule is COc1ccc(OC)c(/C=C2\N=C(c3ccc(Cl)cc3Cl)OC2=O)c1. The fourth-order valence-electron chi connectivity index (χ4n) is 2.29. The number of aliphatic imine (C=N–C) groups is 1. The summed E-state index contributed by atoms with van der Waals surface area (Å²) in [4.78, 5) is 16.4. The molecule has 2 aromatic carbocycles. The van der Waals surface area contributed by atoms with Gasteiger partial charge >= 0.3 is 5.97 Å². The third-order valence-corrected chi connectivity index (χ3v) is 4.06. The van der Waals surface area contributed by atoms with Crippen LogP contribution in [0.1, 0.15) is 11.1 Å². The first-order valence-corrected chi connectivity index (χ1v) is 7.97. The van der Waals surface area contributed by atoms with Crippen LogP contribution in [0.2, 0.25) is 10.0 Å². The maximum Gasteiger partial charge on any atom is 0.363 e. The van der Waals surface area contributed by atoms with Gasteiger partial charge in [-0.1, -0.05) is 23.2 Å². The highest BCUT2D eigenvalue weighted by Crippen LogP contribution is 2.29. The van der Waals surface area contributed by atoms with Crippen molar-refractivity contribution in [2.75, 3.05) is 14.2 Å². The monoisotopic (exact) mass is 377 g/mol. The Morgan fingerprint density at radius 2 is 1.88 bits per heavy atom. The van der Waals surface area contributed by atoms with Gasteiger partial charge in [0.05, 0.1) is 24.8 Å². The Labute approximate surface area is 154 Å². The van der Waals surface area contributed by atoms with Gasteiger partial charge < -0.3 is 14.2 Å². The van der Waals surface area contributed by atoms with E-state index in [1.54, 1.807) is 56.7 Å². The topological polar surface area (TPSA) is 57.1 Å². The summed E-state index contributed by atoms with van der Waals surface area (Å²) in [5.74, 6) is 0.754. The molecule has 0 fully saturated rings. The molecule has 0 unspecified atom stereocenters. The number of carbonyl (C=O) groups excluding carboxylic acids is 1. The van der Waals surface area contributed by atoms with E-state index in [9.17, 15) is 4.79 Å². The molecule has 0 radical (unpaired) electrons. The number of hydrogen-bond acceptors (Lipinski definition) is 5. The van der Waals surface area contributed by atoms with Gasteiger partial charge in [0.2, 0.25) is 5.90 Å². The van der Waals surface area contributed by atoms with E-state index in [1.807, 2.05) is 0 Å². The smallest absolute Gasteiger partial charge is 0.363 e. The van der Waals surface area contributed by atoms with Crippen LogP contribution in [0.15, 0.2) is 47.1 Å². The van der Waals surface area contributed by atoms with E-state index in [-0.39, 0.29) is 11.6 Å². The van der Waals surface area contributed by atoms with Gasteiger partial charge in [-0.3, -0.25) is 0 Å². The maximum atomic E-state index is 12.1. The third kappa shape index (κ3) is 3.62. The molecule has 0 saturated carbocycles. The predicted molar refractivity (Wildman–Crippen MR) is 96.6 cm³/mol. The average molecular weight is 378 g/mol. The summed E-state index contributed by atoms with van der Waals surface area (Å²) in [6.07, 6.45) is 1.57. The predicted octanol–water partition coefficient (Wildman–Crippen LogP) is 4.36. The number of rotatable bonds is 4. The zero-order valence-electron chi connectivity index (χ0n) is 13.4. The minimum atomic E-state index is -0.578. The van der Waals surface area contributed by atoms with E-state index < -0.39 is 5.97 Å². The van der Waals surface area contributed by atoms with Gasteiger partial charge in [-0.05, 0) is 42.5 Å². The molecule has 0 amide bonds. The van der Waals surface area contributed by atoms with Crippen LogP contribution >= 0.6 is 23.2 Å². The van der Waals surface area contributed by atoms with Crippen LogP contribution in [-0.2, 0) is 9.53 Å². The minimum Gasteiger partial charge on any atom is -0.497 e. The summed E-state index contributed by atoms with van der Waals surface area (Å²) < 4.78 is 15.7. The van der Waals surface area contributed by atoms with Crippen LogP contribution in [0.4, 0.5) is 0 Å². The molecule has 0 spiro atoms. The van der Waals surface area contributed by atoms with Crippen LogP contribution in [0.3, 0.4) is 0 Å². The number of carbonyl (C=O) groups is 1. The Hall–Kier alpha value is -2.50. The van der Waals surface area contributed by atoms with Crippen molar-refractivity contribution in [3.05, 3.63) is 63.3 Å². The molecule has 0 bridgehead atoms. The molecule has 0 atom stereocenters. The van der Waals surface area contributed by atoms with Crippen molar-refractivity contribution in [1.29, 1.82) is 0 Å². The molecule has 0 aliphatic carbocycles. The molecule has 2 aromatic rings. The van der Waals surface area contributed by atoms with Crippen molar-refractivity contribution in [2.24, 2.45) is 4.99 Å². The van der Waals surface area contributed by atoms with Crippen LogP contribution < -0.4 is 9.47 Å². The molecule has 25 heavy (non-hydrogen) atoms. The summed E-state index contributed by atoms with van der Waals surface area (Å²) in [5.41, 5.74) is 1.26. The molecule has 3 rings (SSSR count). The molecular formula is C18H13Cl2NO4. The highest BCUT2D eigenvalue weighted by atomic mass is 35.5. The van der Waals surface area contributed by atoms with E-state index in [1.165, 1.54) is 0 Å². The van der Waals surface area contributed by atoms with E-state index in [0.29, 0.717) is 32.7 Å². The molecule has 128 valence electrons. The second kappa shape index (κ2) is 7.17. The number of cyclic esters (lactones) is 1. The second-order valence-corrected chi connectivity index (χ2v) is 5.91. The number of hydrogen-bond donors (Lipinski definition) is 0. The summed E-state index contributed by atoms with van der Waals surface area (Å²) >= 11 is 12.0. The minimum absolute atomic E-state index is 0.125. The fourth-order valence-corrected chi connectivity index (χ4v) is 2.78. The Morgan fingerprint density at radius 1 is 1.08 bits per heavy atom. The molecule has 1 aliphatic heterocycles. The lowest BCUT2D eigenvalue weighted by atomic mass is 10.1. The number of esters is 1. The van der Waals surface area contributed by atoms with Gasteiger partial charge in [-0.15, -0.1) is 0 Å². The number of benzene rings is 2. The summed E-state index contributed by atoms with van der Waals surface area (Å²) in [6.45, 7) is 0. The van der Waals surface area contributed by atoms with Gasteiger partial charge in [0.25, 0.3) is 0 Å². The molecule has 1 aliphatic rings. The molecule has 0 saturated heterocycles. The Balaban J connectivity index is 2.01. The third-order valence-electron chi connectivity index (χ3n) is 3.51. The fraction of sp³-hybridized carbons (Fsp3) is 0.111. The first-order chi connectivity index (χ1) is 12.0. The van der Waals surface area contributed by atoms with Crippen LogP contribution in [0.25, 0.3) is 6.08 Å². The highest BCUT2D eigenvalue weighted by Gasteiger charge is 2.26. The standard InChI is InChI=1S/C18H13Cl2NO4/c1-23-12-4-6-16(24-2)10(7-12)8-15-18(22)25-17(21-15)13-5-3-11(19)9-14(13)20/h3-9H,1-2H3/b15-8-. The Bertz CT molecular complexity index is 906. The van der Waals surface area contributed by atoms with Gasteiger partial charge in [0.1, 0.15) is 11.5 Å². The second-order valence-electron chi connectivity index (χ2n) is 5.07. The number of ether oxygens (including phenoxy) is 3. The van der Waals surface area contributed by atoms with Crippen molar-refractivity contribution in [1.82, 2.24) is 0 Å². The van der Waals surface area contributed by atoms with Gasteiger partial charge in [-0.2, -0.15) is 0 Å². The van der Waals surface area contributed by atoms with Crippen molar-refractivity contribution < 1.29 is 19.0 Å². The van der Waals surface area contributed by atoms with E-state index >= 15 is 0 Å². The quantitative estimate of drug-likeness (QED) is 0.586. The normalized spacial score (nSPS) is 15.1. The number of methoxy groups -OCH3 is 2. The van der Waals surface area contributed by atoms with Gasteiger partial charge in [-0.25, -0.2) is 9.79 Å². The molecule has 1 heterocycles. The summed E-state index contributed by atoms with van der Waals surface area (Å²) in [6, 6.07) is 10.1. The lowest BCUT2D eigenvalue weighted by molar-refractivity contribution is -0.129. The first-order valence-electron chi connectivity index (χ1n) is 7.22. The molecular weight excluding hydrogens is 365 g/mol. The Kier molecular flexibility index (Phi) is 4.97. The molecule has 5 nitrogen and oxygen atoms in total. The first kappa shape index (κ1) is 17.3. The largest absolute Gasteiger partial charge is 0.497 e. The van der Waals surface area contributed by atoms with Crippen molar-refractivity contribution >= 4 is 41.1 Å². The number of nitrogens with zero attached hydrogens (tertiary/aromatic N) is 1. The van der Waals surface area contributed by atoms with Crippen molar-refractivity contribution in [2.45, 2.75) is 0 Å². The van der Waals surface area contributed by atoms with Crippen molar-refractivity contribution in [3.63, 3.8) is 0 Å². The van der Waals surface area contributed by atoms with E-state index in [4.69, 9.17) is 37.4 Å². The summed E-state index contributed by atoms with van der Waals surface area (Å²) in [5, 5.41) is 0.829. The van der Waals surface area contributed by atoms with E-state index in [2.05, 4.69) is 4.99 Å². The zero-order chi connectivity index (χ0) is 18.0. The molecule has 7 heteroatoms. The lowest BCUT2D eigenvalue weighted by Crippen LogP contribution is -2.06. The molecule has 0 N–H and O–H groups in total. The maximum absolute atomic E-state index is 12.1. The van der Waals surface area contributed by atoms with E-state index in [0.717, 1.165) is 0 Å². The number of halogens is 2. The summed E-state index contributed by atoms with van der Waals surface area (Å²) in [7, 11) is 3.10. The van der Waals surface area contributed by atoms with Gasteiger partial charge in [0.15, 0.2) is 5.70 Å². The van der Waals surface area contributed by atoms with Crippen molar-refractivity contribution in [3.8, 4) is 11.5 Å². The Morgan fingerprint density at radius 3 is 2.56 bits per heavy atom. The van der Waals surface area contributed by atoms with Crippen LogP contribution in [0, 0.1) is 0 Å². The molecule has 0 aromatic heterocycles. The van der Waals surface area contributed by atoms with Gasteiger partial charge in [0, 0.05) is 10.6 Å². The highest BCUT2D eigenvalue weighted by molar-refractivity contribution is 6.37. The van der Waals surface area contributed by atoms with Crippen LogP contribution in [-0.4, -0.2) is 26.1 Å². The van der Waals surface area contributed by atoms with Crippen LogP contribution in [0.5, 0.6) is 11.5 Å². The lowest BCUT2D eigenvalue weighted by Gasteiger charge is -2.07. The zero-order valence-corrected chi connectivity index (χ0v) is 14.9. The average Bonchev–Trinajstić information content (AvgIpc) is 2.95.